The van der Waals surface area contributed by atoms with Gasteiger partial charge in [-0.25, -0.2) is 0 Å². The van der Waals surface area contributed by atoms with E-state index in [4.69, 9.17) is 0 Å². The lowest BCUT2D eigenvalue weighted by atomic mass is 9.90. The van der Waals surface area contributed by atoms with Crippen molar-refractivity contribution in [1.29, 1.82) is 0 Å². The Hall–Kier alpha value is 0.270. The lowest BCUT2D eigenvalue weighted by Crippen LogP contribution is -2.54. The van der Waals surface area contributed by atoms with Crippen LogP contribution in [0.5, 0.6) is 0 Å². The minimum absolute atomic E-state index is 0.347. The van der Waals surface area contributed by atoms with E-state index >= 15 is 0 Å². The van der Waals surface area contributed by atoms with Crippen LogP contribution in [0.15, 0.2) is 0 Å². The van der Waals surface area contributed by atoms with Crippen molar-refractivity contribution in [3.8, 4) is 0 Å². The summed E-state index contributed by atoms with van der Waals surface area (Å²) in [6, 6.07) is 0.681. The molecule has 0 spiro atoms. The Labute approximate surface area is 99.2 Å². The zero-order valence-corrected chi connectivity index (χ0v) is 11.5. The first kappa shape index (κ1) is 13.3. The molecule has 0 aliphatic carbocycles. The largest absolute Gasteiger partial charge is 0.310 e. The molecule has 15 heavy (non-hydrogen) atoms. The van der Waals surface area contributed by atoms with E-state index in [2.05, 4.69) is 37.4 Å². The van der Waals surface area contributed by atoms with E-state index in [0.29, 0.717) is 11.6 Å². The number of thioether (sulfide) groups is 1. The summed E-state index contributed by atoms with van der Waals surface area (Å²) in [5.41, 5.74) is 0.347. The van der Waals surface area contributed by atoms with Gasteiger partial charge < -0.3 is 10.2 Å². The van der Waals surface area contributed by atoms with Crippen LogP contribution in [-0.2, 0) is 0 Å². The zero-order chi connectivity index (χ0) is 11.3. The predicted octanol–water partition coefficient (Wildman–Crippen LogP) is 2.20. The third kappa shape index (κ3) is 4.33. The van der Waals surface area contributed by atoms with Crippen LogP contribution in [0.4, 0.5) is 0 Å². The summed E-state index contributed by atoms with van der Waals surface area (Å²) in [4.78, 5) is 2.49. The van der Waals surface area contributed by atoms with Gasteiger partial charge in [-0.3, -0.25) is 0 Å². The standard InChI is InChI=1S/C12H26N2S/c1-11(9-15-4)14(3)10-12(2)7-5-6-8-13-12/h11,13H,5-10H2,1-4H3. The molecule has 3 heteroatoms. The number of rotatable bonds is 5. The van der Waals surface area contributed by atoms with Crippen LogP contribution in [0.2, 0.25) is 0 Å². The van der Waals surface area contributed by atoms with Gasteiger partial charge in [0.25, 0.3) is 0 Å². The van der Waals surface area contributed by atoms with Crippen LogP contribution in [0.1, 0.15) is 33.1 Å². The van der Waals surface area contributed by atoms with E-state index in [9.17, 15) is 0 Å². The van der Waals surface area contributed by atoms with Gasteiger partial charge in [0.15, 0.2) is 0 Å². The third-order valence-electron chi connectivity index (χ3n) is 3.47. The van der Waals surface area contributed by atoms with Gasteiger partial charge in [-0.2, -0.15) is 11.8 Å². The SMILES string of the molecule is CSCC(C)N(C)CC1(C)CCCCN1. The maximum atomic E-state index is 3.67. The van der Waals surface area contributed by atoms with Gasteiger partial charge in [-0.1, -0.05) is 6.42 Å². The number of nitrogens with one attached hydrogen (secondary N) is 1. The first-order chi connectivity index (χ1) is 7.07. The monoisotopic (exact) mass is 230 g/mol. The van der Waals surface area contributed by atoms with E-state index in [-0.39, 0.29) is 0 Å². The molecule has 0 aromatic rings. The second kappa shape index (κ2) is 6.12. The zero-order valence-electron chi connectivity index (χ0n) is 10.7. The van der Waals surface area contributed by atoms with Crippen molar-refractivity contribution in [2.24, 2.45) is 0 Å². The van der Waals surface area contributed by atoms with Crippen molar-refractivity contribution in [2.75, 3.05) is 32.1 Å². The molecular weight excluding hydrogens is 204 g/mol. The van der Waals surface area contributed by atoms with Crippen LogP contribution in [-0.4, -0.2) is 48.6 Å². The highest BCUT2D eigenvalue weighted by molar-refractivity contribution is 7.98. The molecule has 1 rings (SSSR count). The highest BCUT2D eigenvalue weighted by Gasteiger charge is 2.28. The fourth-order valence-corrected chi connectivity index (χ4v) is 3.07. The quantitative estimate of drug-likeness (QED) is 0.779. The summed E-state index contributed by atoms with van der Waals surface area (Å²) in [5, 5.41) is 3.67. The fourth-order valence-electron chi connectivity index (χ4n) is 2.33. The summed E-state index contributed by atoms with van der Waals surface area (Å²) < 4.78 is 0. The van der Waals surface area contributed by atoms with E-state index in [0.717, 1.165) is 0 Å². The van der Waals surface area contributed by atoms with Crippen LogP contribution in [0.3, 0.4) is 0 Å². The Bertz CT molecular complexity index is 178. The summed E-state index contributed by atoms with van der Waals surface area (Å²) in [7, 11) is 2.25. The van der Waals surface area contributed by atoms with Gasteiger partial charge in [0.1, 0.15) is 0 Å². The van der Waals surface area contributed by atoms with E-state index < -0.39 is 0 Å². The maximum Gasteiger partial charge on any atom is 0.0280 e. The maximum absolute atomic E-state index is 3.67. The molecule has 2 nitrogen and oxygen atoms in total. The van der Waals surface area contributed by atoms with Crippen molar-refractivity contribution in [2.45, 2.75) is 44.7 Å². The fraction of sp³-hybridized carbons (Fsp3) is 1.00. The average molecular weight is 230 g/mol. The second-order valence-electron chi connectivity index (χ2n) is 5.16. The first-order valence-electron chi connectivity index (χ1n) is 6.01. The van der Waals surface area contributed by atoms with Gasteiger partial charge in [0.2, 0.25) is 0 Å². The van der Waals surface area contributed by atoms with Crippen LogP contribution < -0.4 is 5.32 Å². The minimum Gasteiger partial charge on any atom is -0.310 e. The highest BCUT2D eigenvalue weighted by Crippen LogP contribution is 2.20. The van der Waals surface area contributed by atoms with Gasteiger partial charge in [-0.15, -0.1) is 0 Å². The Morgan fingerprint density at radius 1 is 1.47 bits per heavy atom. The minimum atomic E-state index is 0.347. The van der Waals surface area contributed by atoms with Crippen molar-refractivity contribution in [3.63, 3.8) is 0 Å². The number of likely N-dealkylation sites (N-methyl/N-ethyl adjacent to an activating group) is 1. The van der Waals surface area contributed by atoms with Gasteiger partial charge in [0.05, 0.1) is 0 Å². The summed E-state index contributed by atoms with van der Waals surface area (Å²) >= 11 is 1.94. The van der Waals surface area contributed by atoms with Crippen molar-refractivity contribution in [3.05, 3.63) is 0 Å². The molecule has 0 bridgehead atoms. The Morgan fingerprint density at radius 2 is 2.20 bits per heavy atom. The first-order valence-corrected chi connectivity index (χ1v) is 7.41. The number of hydrogen-bond acceptors (Lipinski definition) is 3. The molecule has 2 unspecified atom stereocenters. The molecule has 1 aliphatic heterocycles. The molecule has 0 saturated carbocycles. The molecule has 0 aromatic heterocycles. The van der Waals surface area contributed by atoms with Gasteiger partial charge >= 0.3 is 0 Å². The number of nitrogens with zero attached hydrogens (tertiary/aromatic N) is 1. The molecule has 1 N–H and O–H groups in total. The molecule has 90 valence electrons. The number of piperidine rings is 1. The van der Waals surface area contributed by atoms with E-state index in [1.807, 2.05) is 11.8 Å². The molecule has 1 fully saturated rings. The van der Waals surface area contributed by atoms with Gasteiger partial charge in [0, 0.05) is 23.9 Å². The smallest absolute Gasteiger partial charge is 0.0280 e. The molecule has 1 heterocycles. The highest BCUT2D eigenvalue weighted by atomic mass is 32.2. The van der Waals surface area contributed by atoms with E-state index in [1.165, 1.54) is 38.1 Å². The predicted molar refractivity (Wildman–Crippen MR) is 70.7 cm³/mol. The van der Waals surface area contributed by atoms with Crippen molar-refractivity contribution >= 4 is 11.8 Å². The average Bonchev–Trinajstić information content (AvgIpc) is 2.18. The molecular formula is C12H26N2S. The Kier molecular flexibility index (Phi) is 5.44. The second-order valence-corrected chi connectivity index (χ2v) is 6.07. The topological polar surface area (TPSA) is 15.3 Å². The molecule has 0 amide bonds. The summed E-state index contributed by atoms with van der Waals surface area (Å²) in [5.74, 6) is 1.23. The lowest BCUT2D eigenvalue weighted by Gasteiger charge is -2.40. The Balaban J connectivity index is 2.37. The third-order valence-corrected chi connectivity index (χ3v) is 4.28. The van der Waals surface area contributed by atoms with E-state index in [1.54, 1.807) is 0 Å². The molecule has 1 aliphatic rings. The van der Waals surface area contributed by atoms with Crippen molar-refractivity contribution < 1.29 is 0 Å². The van der Waals surface area contributed by atoms with Crippen molar-refractivity contribution in [1.82, 2.24) is 10.2 Å². The lowest BCUT2D eigenvalue weighted by molar-refractivity contribution is 0.164. The molecule has 2 atom stereocenters. The van der Waals surface area contributed by atoms with Gasteiger partial charge in [-0.05, 0) is 46.5 Å². The van der Waals surface area contributed by atoms with Crippen LogP contribution in [0.25, 0.3) is 0 Å². The molecule has 0 aromatic carbocycles. The van der Waals surface area contributed by atoms with Crippen LogP contribution in [0, 0.1) is 0 Å². The Morgan fingerprint density at radius 3 is 2.73 bits per heavy atom. The summed E-state index contributed by atoms with van der Waals surface area (Å²) in [6.45, 7) is 7.06. The van der Waals surface area contributed by atoms with Crippen LogP contribution >= 0.6 is 11.8 Å². The summed E-state index contributed by atoms with van der Waals surface area (Å²) in [6.07, 6.45) is 6.24. The molecule has 1 saturated heterocycles. The normalized spacial score (nSPS) is 29.4. The molecule has 0 radical (unpaired) electrons. The number of hydrogen-bond donors (Lipinski definition) is 1.